The molecule has 0 bridgehead atoms. The zero-order chi connectivity index (χ0) is 15.5. The number of hydrogen-bond acceptors (Lipinski definition) is 4. The fourth-order valence-corrected chi connectivity index (χ4v) is 4.53. The molecule has 0 spiro atoms. The molecule has 0 amide bonds. The lowest BCUT2D eigenvalue weighted by Gasteiger charge is -2.35. The van der Waals surface area contributed by atoms with Crippen LogP contribution in [0.15, 0.2) is 18.2 Å². The number of ether oxygens (including phenoxy) is 2. The Bertz CT molecular complexity index is 595. The van der Waals surface area contributed by atoms with Gasteiger partial charge in [-0.15, -0.1) is 0 Å². The van der Waals surface area contributed by atoms with Crippen LogP contribution in [0.5, 0.6) is 5.75 Å². The van der Waals surface area contributed by atoms with E-state index in [1.54, 1.807) is 12.1 Å². The van der Waals surface area contributed by atoms with Crippen molar-refractivity contribution in [3.05, 3.63) is 28.8 Å². The molecule has 1 heterocycles. The minimum atomic E-state index is -3.59. The second-order valence-electron chi connectivity index (χ2n) is 5.49. The highest BCUT2D eigenvalue weighted by Crippen LogP contribution is 2.34. The Kier molecular flexibility index (Phi) is 5.41. The fraction of sp³-hybridized carbons (Fsp3) is 0.571. The lowest BCUT2D eigenvalue weighted by molar-refractivity contribution is 0.00217. The molecule has 1 aromatic rings. The molecule has 1 aromatic carbocycles. The van der Waals surface area contributed by atoms with E-state index in [2.05, 4.69) is 0 Å². The largest absolute Gasteiger partial charge is 0.493 e. The molecule has 0 unspecified atom stereocenters. The first-order valence-corrected chi connectivity index (χ1v) is 9.54. The molecule has 0 atom stereocenters. The van der Waals surface area contributed by atoms with Gasteiger partial charge in [0.25, 0.3) is 0 Å². The molecule has 0 N–H and O–H groups in total. The summed E-state index contributed by atoms with van der Waals surface area (Å²) in [6, 6.07) is 5.35. The Labute approximate surface area is 134 Å². The van der Waals surface area contributed by atoms with Gasteiger partial charge in [0.2, 0.25) is 9.05 Å². The third kappa shape index (κ3) is 5.02. The van der Waals surface area contributed by atoms with Gasteiger partial charge >= 0.3 is 0 Å². The van der Waals surface area contributed by atoms with Crippen LogP contribution in [0, 0.1) is 12.3 Å². The Morgan fingerprint density at radius 3 is 2.57 bits per heavy atom. The van der Waals surface area contributed by atoms with Gasteiger partial charge in [0, 0.05) is 34.3 Å². The van der Waals surface area contributed by atoms with Gasteiger partial charge in [-0.25, -0.2) is 8.42 Å². The van der Waals surface area contributed by atoms with Gasteiger partial charge in [-0.1, -0.05) is 11.6 Å². The predicted molar refractivity (Wildman–Crippen MR) is 83.8 cm³/mol. The molecule has 4 nitrogen and oxygen atoms in total. The van der Waals surface area contributed by atoms with Crippen molar-refractivity contribution in [2.75, 3.05) is 25.6 Å². The van der Waals surface area contributed by atoms with Crippen LogP contribution >= 0.6 is 22.3 Å². The third-order valence-electron chi connectivity index (χ3n) is 3.70. The topological polar surface area (TPSA) is 52.6 Å². The van der Waals surface area contributed by atoms with E-state index in [4.69, 9.17) is 31.8 Å². The maximum absolute atomic E-state index is 11.5. The molecule has 0 saturated carbocycles. The molecule has 118 valence electrons. The van der Waals surface area contributed by atoms with Crippen LogP contribution in [-0.4, -0.2) is 34.0 Å². The summed E-state index contributed by atoms with van der Waals surface area (Å²) in [6.45, 7) is 3.24. The maximum atomic E-state index is 11.5. The van der Waals surface area contributed by atoms with E-state index in [9.17, 15) is 8.42 Å². The predicted octanol–water partition coefficient (Wildman–Crippen LogP) is 3.39. The number of benzene rings is 1. The van der Waals surface area contributed by atoms with Crippen LogP contribution in [0.4, 0.5) is 0 Å². The average Bonchev–Trinajstić information content (AvgIpc) is 2.37. The van der Waals surface area contributed by atoms with Crippen LogP contribution in [-0.2, 0) is 13.8 Å². The first-order valence-electron chi connectivity index (χ1n) is 6.69. The summed E-state index contributed by atoms with van der Waals surface area (Å²) < 4.78 is 34.1. The maximum Gasteiger partial charge on any atom is 0.233 e. The number of halogens is 2. The van der Waals surface area contributed by atoms with Crippen molar-refractivity contribution < 1.29 is 17.9 Å². The zero-order valence-corrected chi connectivity index (χ0v) is 14.1. The van der Waals surface area contributed by atoms with Gasteiger partial charge in [-0.05, 0) is 43.5 Å². The van der Waals surface area contributed by atoms with E-state index in [0.717, 1.165) is 5.56 Å². The molecule has 1 fully saturated rings. The molecule has 21 heavy (non-hydrogen) atoms. The smallest absolute Gasteiger partial charge is 0.233 e. The van der Waals surface area contributed by atoms with Gasteiger partial charge < -0.3 is 9.47 Å². The van der Waals surface area contributed by atoms with Crippen molar-refractivity contribution in [1.29, 1.82) is 0 Å². The second-order valence-corrected chi connectivity index (χ2v) is 8.71. The molecule has 2 rings (SSSR count). The SMILES string of the molecule is Cc1cc(Cl)ccc1OCC1(CS(=O)(=O)Cl)CCOCC1. The van der Waals surface area contributed by atoms with E-state index in [-0.39, 0.29) is 5.75 Å². The lowest BCUT2D eigenvalue weighted by atomic mass is 9.83. The van der Waals surface area contributed by atoms with Gasteiger partial charge in [-0.3, -0.25) is 0 Å². The monoisotopic (exact) mass is 352 g/mol. The highest BCUT2D eigenvalue weighted by Gasteiger charge is 2.37. The van der Waals surface area contributed by atoms with Crippen molar-refractivity contribution in [3.8, 4) is 5.75 Å². The Morgan fingerprint density at radius 1 is 1.33 bits per heavy atom. The minimum Gasteiger partial charge on any atom is -0.493 e. The molecule has 1 aliphatic heterocycles. The van der Waals surface area contributed by atoms with E-state index >= 15 is 0 Å². The molecule has 0 aromatic heterocycles. The Morgan fingerprint density at radius 2 is 2.00 bits per heavy atom. The van der Waals surface area contributed by atoms with Crippen molar-refractivity contribution in [2.24, 2.45) is 5.41 Å². The summed E-state index contributed by atoms with van der Waals surface area (Å²) in [4.78, 5) is 0. The molecular weight excluding hydrogens is 335 g/mol. The van der Waals surface area contributed by atoms with Gasteiger partial charge in [0.05, 0.1) is 12.4 Å². The van der Waals surface area contributed by atoms with Crippen LogP contribution in [0.25, 0.3) is 0 Å². The van der Waals surface area contributed by atoms with Crippen LogP contribution in [0.3, 0.4) is 0 Å². The van der Waals surface area contributed by atoms with Crippen molar-refractivity contribution >= 4 is 31.3 Å². The van der Waals surface area contributed by atoms with E-state index in [1.807, 2.05) is 13.0 Å². The quantitative estimate of drug-likeness (QED) is 0.762. The first kappa shape index (κ1) is 16.9. The fourth-order valence-electron chi connectivity index (χ4n) is 2.51. The molecule has 0 aliphatic carbocycles. The van der Waals surface area contributed by atoms with Crippen molar-refractivity contribution in [3.63, 3.8) is 0 Å². The van der Waals surface area contributed by atoms with Crippen molar-refractivity contribution in [1.82, 2.24) is 0 Å². The number of hydrogen-bond donors (Lipinski definition) is 0. The number of rotatable bonds is 5. The van der Waals surface area contributed by atoms with Gasteiger partial charge in [0.15, 0.2) is 0 Å². The Balaban J connectivity index is 2.12. The summed E-state index contributed by atoms with van der Waals surface area (Å²) in [5.74, 6) is 0.606. The molecular formula is C14H18Cl2O4S. The summed E-state index contributed by atoms with van der Waals surface area (Å²) >= 11 is 5.91. The second kappa shape index (κ2) is 6.73. The molecule has 0 radical (unpaired) electrons. The molecule has 7 heteroatoms. The van der Waals surface area contributed by atoms with Crippen LogP contribution < -0.4 is 4.74 Å². The van der Waals surface area contributed by atoms with E-state index in [1.165, 1.54) is 0 Å². The summed E-state index contributed by atoms with van der Waals surface area (Å²) in [5, 5.41) is 0.643. The normalized spacial score (nSPS) is 18.4. The van der Waals surface area contributed by atoms with E-state index < -0.39 is 14.5 Å². The first-order chi connectivity index (χ1) is 9.80. The Hall–Kier alpha value is -0.490. The lowest BCUT2D eigenvalue weighted by Crippen LogP contribution is -2.40. The minimum absolute atomic E-state index is 0.0996. The standard InChI is InChI=1S/C14H18Cl2O4S/c1-11-8-12(15)2-3-13(11)20-9-14(10-21(16,17)18)4-6-19-7-5-14/h2-3,8H,4-7,9-10H2,1H3. The van der Waals surface area contributed by atoms with Crippen LogP contribution in [0.2, 0.25) is 5.02 Å². The summed E-state index contributed by atoms with van der Waals surface area (Å²) in [6.07, 6.45) is 1.23. The number of aryl methyl sites for hydroxylation is 1. The molecule has 1 aliphatic rings. The van der Waals surface area contributed by atoms with Crippen molar-refractivity contribution in [2.45, 2.75) is 19.8 Å². The van der Waals surface area contributed by atoms with E-state index in [0.29, 0.717) is 43.4 Å². The highest BCUT2D eigenvalue weighted by atomic mass is 35.7. The van der Waals surface area contributed by atoms with Gasteiger partial charge in [-0.2, -0.15) is 0 Å². The summed E-state index contributed by atoms with van der Waals surface area (Å²) in [5.41, 5.74) is 0.420. The van der Waals surface area contributed by atoms with Gasteiger partial charge in [0.1, 0.15) is 5.75 Å². The third-order valence-corrected chi connectivity index (χ3v) is 5.22. The summed E-state index contributed by atoms with van der Waals surface area (Å²) in [7, 11) is 1.86. The molecule has 1 saturated heterocycles. The van der Waals surface area contributed by atoms with Crippen LogP contribution in [0.1, 0.15) is 18.4 Å². The average molecular weight is 353 g/mol. The zero-order valence-electron chi connectivity index (χ0n) is 11.8. The highest BCUT2D eigenvalue weighted by molar-refractivity contribution is 8.13.